The third kappa shape index (κ3) is 2.97. The van der Waals surface area contributed by atoms with Crippen molar-refractivity contribution in [2.24, 2.45) is 0 Å². The predicted molar refractivity (Wildman–Crippen MR) is 91.1 cm³/mol. The van der Waals surface area contributed by atoms with E-state index < -0.39 is 0 Å². The number of aryl methyl sites for hydroxylation is 2. The summed E-state index contributed by atoms with van der Waals surface area (Å²) < 4.78 is 0. The fourth-order valence-electron chi connectivity index (χ4n) is 2.55. The zero-order chi connectivity index (χ0) is 14.7. The van der Waals surface area contributed by atoms with E-state index in [4.69, 9.17) is 0 Å². The Morgan fingerprint density at radius 3 is 2.00 bits per heavy atom. The second kappa shape index (κ2) is 5.84. The molecule has 3 aromatic rings. The highest BCUT2D eigenvalue weighted by Crippen LogP contribution is 2.30. The standard InChI is InChI=1S/C20H19N/c1-15-8-6-7-11-19(15)20-14-18(13-12-16(20)2)21-17-9-4-3-5-10-17/h3-14,21H,1-2H3. The molecule has 0 aliphatic rings. The van der Waals surface area contributed by atoms with Crippen molar-refractivity contribution in [3.8, 4) is 11.1 Å². The molecule has 0 aromatic heterocycles. The number of hydrogen-bond acceptors (Lipinski definition) is 1. The van der Waals surface area contributed by atoms with E-state index in [2.05, 4.69) is 73.8 Å². The molecule has 0 heterocycles. The normalized spacial score (nSPS) is 10.4. The summed E-state index contributed by atoms with van der Waals surface area (Å²) in [6.45, 7) is 4.32. The van der Waals surface area contributed by atoms with Gasteiger partial charge >= 0.3 is 0 Å². The van der Waals surface area contributed by atoms with Crippen molar-refractivity contribution >= 4 is 11.4 Å². The van der Waals surface area contributed by atoms with Gasteiger partial charge in [0.05, 0.1) is 0 Å². The molecule has 21 heavy (non-hydrogen) atoms. The lowest BCUT2D eigenvalue weighted by atomic mass is 9.96. The first kappa shape index (κ1) is 13.4. The Kier molecular flexibility index (Phi) is 3.74. The van der Waals surface area contributed by atoms with Gasteiger partial charge in [-0.15, -0.1) is 0 Å². The molecule has 0 radical (unpaired) electrons. The van der Waals surface area contributed by atoms with Crippen LogP contribution < -0.4 is 5.32 Å². The predicted octanol–water partition coefficient (Wildman–Crippen LogP) is 5.71. The molecule has 1 nitrogen and oxygen atoms in total. The Morgan fingerprint density at radius 1 is 0.571 bits per heavy atom. The maximum absolute atomic E-state index is 3.46. The molecule has 3 aromatic carbocycles. The number of benzene rings is 3. The van der Waals surface area contributed by atoms with Crippen molar-refractivity contribution in [1.82, 2.24) is 0 Å². The Hall–Kier alpha value is -2.54. The van der Waals surface area contributed by atoms with Gasteiger partial charge in [-0.05, 0) is 60.4 Å². The molecule has 0 atom stereocenters. The zero-order valence-corrected chi connectivity index (χ0v) is 12.4. The molecule has 104 valence electrons. The summed E-state index contributed by atoms with van der Waals surface area (Å²) in [5, 5.41) is 3.46. The van der Waals surface area contributed by atoms with Crippen molar-refractivity contribution in [3.05, 3.63) is 83.9 Å². The van der Waals surface area contributed by atoms with Crippen LogP contribution in [0, 0.1) is 13.8 Å². The van der Waals surface area contributed by atoms with Crippen molar-refractivity contribution in [3.63, 3.8) is 0 Å². The monoisotopic (exact) mass is 273 g/mol. The summed E-state index contributed by atoms with van der Waals surface area (Å²) in [6, 6.07) is 25.3. The minimum atomic E-state index is 1.11. The molecule has 1 heteroatoms. The Morgan fingerprint density at radius 2 is 1.24 bits per heavy atom. The van der Waals surface area contributed by atoms with Crippen LogP contribution in [0.2, 0.25) is 0 Å². The van der Waals surface area contributed by atoms with E-state index in [1.165, 1.54) is 22.3 Å². The smallest absolute Gasteiger partial charge is 0.0390 e. The van der Waals surface area contributed by atoms with Crippen LogP contribution in [-0.4, -0.2) is 0 Å². The summed E-state index contributed by atoms with van der Waals surface area (Å²) >= 11 is 0. The molecule has 3 rings (SSSR count). The van der Waals surface area contributed by atoms with E-state index in [0.29, 0.717) is 0 Å². The SMILES string of the molecule is Cc1ccccc1-c1cc(Nc2ccccc2)ccc1C. The summed E-state index contributed by atoms with van der Waals surface area (Å²) in [4.78, 5) is 0. The van der Waals surface area contributed by atoms with E-state index in [9.17, 15) is 0 Å². The van der Waals surface area contributed by atoms with Crippen LogP contribution in [0.1, 0.15) is 11.1 Å². The third-order valence-corrected chi connectivity index (χ3v) is 3.74. The van der Waals surface area contributed by atoms with E-state index in [1.807, 2.05) is 18.2 Å². The number of rotatable bonds is 3. The van der Waals surface area contributed by atoms with Gasteiger partial charge in [-0.2, -0.15) is 0 Å². The lowest BCUT2D eigenvalue weighted by Crippen LogP contribution is -1.93. The molecular formula is C20H19N. The topological polar surface area (TPSA) is 12.0 Å². The summed E-state index contributed by atoms with van der Waals surface area (Å²) in [7, 11) is 0. The minimum Gasteiger partial charge on any atom is -0.356 e. The largest absolute Gasteiger partial charge is 0.356 e. The molecular weight excluding hydrogens is 254 g/mol. The molecule has 0 fully saturated rings. The quantitative estimate of drug-likeness (QED) is 0.644. The summed E-state index contributed by atoms with van der Waals surface area (Å²) in [5.74, 6) is 0. The van der Waals surface area contributed by atoms with Gasteiger partial charge in [0.15, 0.2) is 0 Å². The fourth-order valence-corrected chi connectivity index (χ4v) is 2.55. The number of anilines is 2. The molecule has 0 spiro atoms. The lowest BCUT2D eigenvalue weighted by Gasteiger charge is -2.13. The zero-order valence-electron chi connectivity index (χ0n) is 12.4. The molecule has 1 N–H and O–H groups in total. The van der Waals surface area contributed by atoms with E-state index in [1.54, 1.807) is 0 Å². The molecule has 0 unspecified atom stereocenters. The fraction of sp³-hybridized carbons (Fsp3) is 0.100. The van der Waals surface area contributed by atoms with Gasteiger partial charge in [0.2, 0.25) is 0 Å². The maximum Gasteiger partial charge on any atom is 0.0390 e. The first-order valence-corrected chi connectivity index (χ1v) is 7.23. The van der Waals surface area contributed by atoms with Crippen molar-refractivity contribution in [1.29, 1.82) is 0 Å². The third-order valence-electron chi connectivity index (χ3n) is 3.74. The Balaban J connectivity index is 1.99. The summed E-state index contributed by atoms with van der Waals surface area (Å²) in [6.07, 6.45) is 0. The lowest BCUT2D eigenvalue weighted by molar-refractivity contribution is 1.40. The van der Waals surface area contributed by atoms with E-state index in [0.717, 1.165) is 11.4 Å². The Bertz CT molecular complexity index is 745. The number of hydrogen-bond donors (Lipinski definition) is 1. The number of para-hydroxylation sites is 1. The van der Waals surface area contributed by atoms with Gasteiger partial charge < -0.3 is 5.32 Å². The molecule has 0 aliphatic heterocycles. The van der Waals surface area contributed by atoms with Crippen molar-refractivity contribution in [2.75, 3.05) is 5.32 Å². The summed E-state index contributed by atoms with van der Waals surface area (Å²) in [5.41, 5.74) is 7.41. The van der Waals surface area contributed by atoms with Gasteiger partial charge in [-0.3, -0.25) is 0 Å². The minimum absolute atomic E-state index is 1.11. The maximum atomic E-state index is 3.46. The highest BCUT2D eigenvalue weighted by atomic mass is 14.9. The Labute approximate surface area is 126 Å². The first-order valence-electron chi connectivity index (χ1n) is 7.23. The van der Waals surface area contributed by atoms with Crippen LogP contribution in [0.4, 0.5) is 11.4 Å². The molecule has 0 bridgehead atoms. The van der Waals surface area contributed by atoms with Gasteiger partial charge in [-0.25, -0.2) is 0 Å². The first-order chi connectivity index (χ1) is 10.2. The molecule has 0 aliphatic carbocycles. The highest BCUT2D eigenvalue weighted by molar-refractivity contribution is 5.75. The van der Waals surface area contributed by atoms with Gasteiger partial charge in [0, 0.05) is 11.4 Å². The average Bonchev–Trinajstić information content (AvgIpc) is 2.51. The van der Waals surface area contributed by atoms with Crippen LogP contribution in [0.25, 0.3) is 11.1 Å². The second-order valence-electron chi connectivity index (χ2n) is 5.34. The van der Waals surface area contributed by atoms with E-state index in [-0.39, 0.29) is 0 Å². The van der Waals surface area contributed by atoms with Crippen molar-refractivity contribution < 1.29 is 0 Å². The number of nitrogens with one attached hydrogen (secondary N) is 1. The van der Waals surface area contributed by atoms with Crippen molar-refractivity contribution in [2.45, 2.75) is 13.8 Å². The van der Waals surface area contributed by atoms with Crippen LogP contribution in [0.15, 0.2) is 72.8 Å². The molecule has 0 saturated heterocycles. The second-order valence-corrected chi connectivity index (χ2v) is 5.34. The van der Waals surface area contributed by atoms with Crippen LogP contribution in [0.3, 0.4) is 0 Å². The van der Waals surface area contributed by atoms with Crippen LogP contribution in [0.5, 0.6) is 0 Å². The van der Waals surface area contributed by atoms with Crippen LogP contribution >= 0.6 is 0 Å². The van der Waals surface area contributed by atoms with Gasteiger partial charge in [-0.1, -0.05) is 48.5 Å². The van der Waals surface area contributed by atoms with Gasteiger partial charge in [0.1, 0.15) is 0 Å². The highest BCUT2D eigenvalue weighted by Gasteiger charge is 2.06. The van der Waals surface area contributed by atoms with Gasteiger partial charge in [0.25, 0.3) is 0 Å². The van der Waals surface area contributed by atoms with Crippen LogP contribution in [-0.2, 0) is 0 Å². The molecule has 0 amide bonds. The average molecular weight is 273 g/mol. The molecule has 0 saturated carbocycles. The van der Waals surface area contributed by atoms with E-state index >= 15 is 0 Å².